The van der Waals surface area contributed by atoms with Crippen molar-refractivity contribution >= 4 is 16.9 Å². The van der Waals surface area contributed by atoms with E-state index in [0.29, 0.717) is 19.0 Å². The molecule has 0 aliphatic rings. The summed E-state index contributed by atoms with van der Waals surface area (Å²) in [4.78, 5) is 16.5. The van der Waals surface area contributed by atoms with Gasteiger partial charge in [0.15, 0.2) is 0 Å². The molecule has 1 amide bonds. The van der Waals surface area contributed by atoms with Gasteiger partial charge in [-0.1, -0.05) is 30.3 Å². The average molecular weight is 325 g/mol. The minimum absolute atomic E-state index is 0.113. The Kier molecular flexibility index (Phi) is 5.08. The second-order valence-electron chi connectivity index (χ2n) is 5.27. The number of para-hydroxylation sites is 3. The van der Waals surface area contributed by atoms with Crippen molar-refractivity contribution in [3.63, 3.8) is 0 Å². The maximum atomic E-state index is 12.1. The lowest BCUT2D eigenvalue weighted by molar-refractivity contribution is -0.121. The Balaban J connectivity index is 1.55. The summed E-state index contributed by atoms with van der Waals surface area (Å²) in [5.41, 5.74) is 1.60. The molecule has 2 N–H and O–H groups in total. The van der Waals surface area contributed by atoms with Gasteiger partial charge in [-0.3, -0.25) is 4.79 Å². The first-order valence-corrected chi connectivity index (χ1v) is 7.77. The standard InChI is InChI=1S/C18H19N3O3/c22-13-17-20-15-8-4-5-9-16(15)21(17)12-18(23)19-10-11-24-14-6-2-1-3-7-14/h1-9,22H,10-13H2,(H,19,23). The highest BCUT2D eigenvalue weighted by atomic mass is 16.5. The summed E-state index contributed by atoms with van der Waals surface area (Å²) < 4.78 is 7.26. The van der Waals surface area contributed by atoms with Crippen molar-refractivity contribution in [3.05, 3.63) is 60.4 Å². The van der Waals surface area contributed by atoms with E-state index < -0.39 is 0 Å². The average Bonchev–Trinajstić information content (AvgIpc) is 2.97. The molecule has 1 heterocycles. The number of hydrogen-bond donors (Lipinski definition) is 2. The van der Waals surface area contributed by atoms with Gasteiger partial charge < -0.3 is 19.7 Å². The Morgan fingerprint density at radius 1 is 1.12 bits per heavy atom. The molecular weight excluding hydrogens is 306 g/mol. The molecule has 0 unspecified atom stereocenters. The highest BCUT2D eigenvalue weighted by Crippen LogP contribution is 2.15. The highest BCUT2D eigenvalue weighted by Gasteiger charge is 2.12. The number of imidazole rings is 1. The van der Waals surface area contributed by atoms with Crippen molar-refractivity contribution in [2.45, 2.75) is 13.2 Å². The molecule has 6 nitrogen and oxygen atoms in total. The normalized spacial score (nSPS) is 10.7. The minimum Gasteiger partial charge on any atom is -0.492 e. The molecule has 1 aromatic heterocycles. The number of benzene rings is 2. The third-order valence-corrected chi connectivity index (χ3v) is 3.61. The number of aliphatic hydroxyl groups is 1. The number of carbonyl (C=O) groups is 1. The van der Waals surface area contributed by atoms with Crippen molar-refractivity contribution in [1.82, 2.24) is 14.9 Å². The van der Waals surface area contributed by atoms with E-state index in [2.05, 4.69) is 10.3 Å². The van der Waals surface area contributed by atoms with E-state index in [0.717, 1.165) is 16.8 Å². The molecule has 0 saturated heterocycles. The van der Waals surface area contributed by atoms with E-state index in [1.165, 1.54) is 0 Å². The van der Waals surface area contributed by atoms with Crippen molar-refractivity contribution < 1.29 is 14.6 Å². The summed E-state index contributed by atoms with van der Waals surface area (Å²) in [7, 11) is 0. The number of nitrogens with one attached hydrogen (secondary N) is 1. The van der Waals surface area contributed by atoms with Crippen LogP contribution in [0.5, 0.6) is 5.75 Å². The van der Waals surface area contributed by atoms with Crippen LogP contribution in [-0.4, -0.2) is 33.7 Å². The van der Waals surface area contributed by atoms with Gasteiger partial charge in [-0.05, 0) is 24.3 Å². The van der Waals surface area contributed by atoms with Crippen LogP contribution in [0, 0.1) is 0 Å². The highest BCUT2D eigenvalue weighted by molar-refractivity contribution is 5.81. The molecule has 0 saturated carbocycles. The van der Waals surface area contributed by atoms with E-state index in [-0.39, 0.29) is 19.1 Å². The van der Waals surface area contributed by atoms with Crippen molar-refractivity contribution in [1.29, 1.82) is 0 Å². The van der Waals surface area contributed by atoms with Crippen LogP contribution in [0.1, 0.15) is 5.82 Å². The fourth-order valence-electron chi connectivity index (χ4n) is 2.50. The number of nitrogens with zero attached hydrogens (tertiary/aromatic N) is 2. The molecule has 124 valence electrons. The lowest BCUT2D eigenvalue weighted by atomic mass is 10.3. The summed E-state index contributed by atoms with van der Waals surface area (Å²) in [6.45, 7) is 0.711. The maximum absolute atomic E-state index is 12.1. The molecule has 24 heavy (non-hydrogen) atoms. The lowest BCUT2D eigenvalue weighted by Gasteiger charge is -2.10. The first-order chi connectivity index (χ1) is 11.8. The first kappa shape index (κ1) is 16.0. The van der Waals surface area contributed by atoms with Gasteiger partial charge in [0, 0.05) is 0 Å². The van der Waals surface area contributed by atoms with E-state index in [1.807, 2.05) is 54.6 Å². The molecule has 2 aromatic carbocycles. The van der Waals surface area contributed by atoms with Gasteiger partial charge in [0.05, 0.1) is 17.6 Å². The summed E-state index contributed by atoms with van der Waals surface area (Å²) >= 11 is 0. The molecule has 0 spiro atoms. The van der Waals surface area contributed by atoms with E-state index in [1.54, 1.807) is 4.57 Å². The third-order valence-electron chi connectivity index (χ3n) is 3.61. The predicted octanol–water partition coefficient (Wildman–Crippen LogP) is 1.72. The van der Waals surface area contributed by atoms with Crippen LogP contribution in [0.2, 0.25) is 0 Å². The maximum Gasteiger partial charge on any atom is 0.240 e. The van der Waals surface area contributed by atoms with Crippen LogP contribution in [0.3, 0.4) is 0 Å². The van der Waals surface area contributed by atoms with Crippen molar-refractivity contribution in [2.75, 3.05) is 13.2 Å². The molecule has 3 aromatic rings. The Morgan fingerprint density at radius 2 is 1.88 bits per heavy atom. The molecule has 6 heteroatoms. The number of aliphatic hydroxyl groups excluding tert-OH is 1. The number of rotatable bonds is 7. The van der Waals surface area contributed by atoms with E-state index in [4.69, 9.17) is 4.74 Å². The number of carbonyl (C=O) groups excluding carboxylic acids is 1. The van der Waals surface area contributed by atoms with E-state index >= 15 is 0 Å². The quantitative estimate of drug-likeness (QED) is 0.649. The van der Waals surface area contributed by atoms with Crippen LogP contribution in [0.15, 0.2) is 54.6 Å². The molecule has 0 atom stereocenters. The molecule has 3 rings (SSSR count). The SMILES string of the molecule is O=C(Cn1c(CO)nc2ccccc21)NCCOc1ccccc1. The summed E-state index contributed by atoms with van der Waals surface area (Å²) in [5, 5.41) is 12.3. The van der Waals surface area contributed by atoms with Gasteiger partial charge in [0.25, 0.3) is 0 Å². The van der Waals surface area contributed by atoms with Crippen molar-refractivity contribution in [3.8, 4) is 5.75 Å². The summed E-state index contributed by atoms with van der Waals surface area (Å²) in [5.74, 6) is 1.10. The molecule has 0 radical (unpaired) electrons. The lowest BCUT2D eigenvalue weighted by Crippen LogP contribution is -2.31. The van der Waals surface area contributed by atoms with Crippen LogP contribution in [0.25, 0.3) is 11.0 Å². The van der Waals surface area contributed by atoms with Gasteiger partial charge in [-0.15, -0.1) is 0 Å². The zero-order valence-corrected chi connectivity index (χ0v) is 13.2. The van der Waals surface area contributed by atoms with Gasteiger partial charge in [-0.2, -0.15) is 0 Å². The first-order valence-electron chi connectivity index (χ1n) is 7.77. The van der Waals surface area contributed by atoms with E-state index in [9.17, 15) is 9.90 Å². The Bertz CT molecular complexity index is 815. The zero-order chi connectivity index (χ0) is 16.8. The van der Waals surface area contributed by atoms with Crippen LogP contribution < -0.4 is 10.1 Å². The zero-order valence-electron chi connectivity index (χ0n) is 13.2. The topological polar surface area (TPSA) is 76.4 Å². The molecule has 0 fully saturated rings. The Labute approximate surface area is 139 Å². The van der Waals surface area contributed by atoms with Crippen molar-refractivity contribution in [2.24, 2.45) is 0 Å². The summed E-state index contributed by atoms with van der Waals surface area (Å²) in [6.07, 6.45) is 0. The minimum atomic E-state index is -0.209. The second-order valence-corrected chi connectivity index (χ2v) is 5.27. The fourth-order valence-corrected chi connectivity index (χ4v) is 2.50. The summed E-state index contributed by atoms with van der Waals surface area (Å²) in [6, 6.07) is 16.9. The van der Waals surface area contributed by atoms with Gasteiger partial charge in [0.1, 0.15) is 31.3 Å². The molecule has 0 bridgehead atoms. The van der Waals surface area contributed by atoms with Gasteiger partial charge in [-0.25, -0.2) is 4.98 Å². The van der Waals surface area contributed by atoms with Gasteiger partial charge >= 0.3 is 0 Å². The number of aromatic nitrogens is 2. The smallest absolute Gasteiger partial charge is 0.240 e. The second kappa shape index (κ2) is 7.61. The van der Waals surface area contributed by atoms with Gasteiger partial charge in [0.2, 0.25) is 5.91 Å². The van der Waals surface area contributed by atoms with Crippen LogP contribution >= 0.6 is 0 Å². The number of amides is 1. The van der Waals surface area contributed by atoms with Crippen LogP contribution in [-0.2, 0) is 17.9 Å². The number of ether oxygens (including phenoxy) is 1. The monoisotopic (exact) mass is 325 g/mol. The third kappa shape index (κ3) is 3.72. The predicted molar refractivity (Wildman–Crippen MR) is 90.6 cm³/mol. The molecular formula is C18H19N3O3. The Hall–Kier alpha value is -2.86. The van der Waals surface area contributed by atoms with Crippen LogP contribution in [0.4, 0.5) is 0 Å². The largest absolute Gasteiger partial charge is 0.492 e. The Morgan fingerprint density at radius 3 is 2.67 bits per heavy atom. The molecule has 0 aliphatic heterocycles. The fraction of sp³-hybridized carbons (Fsp3) is 0.222. The number of hydrogen-bond acceptors (Lipinski definition) is 4. The number of fused-ring (bicyclic) bond motifs is 1. The molecule has 0 aliphatic carbocycles.